The number of carboxylic acids is 1. The van der Waals surface area contributed by atoms with Gasteiger partial charge in [-0.15, -0.1) is 0 Å². The normalized spacial score (nSPS) is 12.0. The Bertz CT molecular complexity index is 1060. The number of carbonyl (C=O) groups is 2. The third kappa shape index (κ3) is 4.22. The molecule has 27 heavy (non-hydrogen) atoms. The Morgan fingerprint density at radius 1 is 1.19 bits per heavy atom. The van der Waals surface area contributed by atoms with Crippen LogP contribution in [-0.4, -0.2) is 36.5 Å². The number of benzene rings is 2. The van der Waals surface area contributed by atoms with E-state index in [-0.39, 0.29) is 12.4 Å². The van der Waals surface area contributed by atoms with E-state index in [0.29, 0.717) is 16.7 Å². The van der Waals surface area contributed by atoms with E-state index in [0.717, 1.165) is 10.8 Å². The van der Waals surface area contributed by atoms with Gasteiger partial charge in [0.25, 0.3) is 5.91 Å². The summed E-state index contributed by atoms with van der Waals surface area (Å²) in [4.78, 5) is 34.9. The van der Waals surface area contributed by atoms with Crippen molar-refractivity contribution < 1.29 is 23.8 Å². The molecule has 0 saturated carbocycles. The van der Waals surface area contributed by atoms with E-state index in [4.69, 9.17) is 9.15 Å². The number of fused-ring (bicyclic) bond motifs is 3. The van der Waals surface area contributed by atoms with Crippen molar-refractivity contribution in [3.05, 3.63) is 52.9 Å². The van der Waals surface area contributed by atoms with E-state index in [1.807, 2.05) is 12.1 Å². The van der Waals surface area contributed by atoms with Gasteiger partial charge < -0.3 is 24.4 Å². The molecule has 0 fully saturated rings. The maximum absolute atomic E-state index is 12.1. The predicted octanol–water partition coefficient (Wildman–Crippen LogP) is 0.923. The minimum Gasteiger partial charge on any atom is -0.548 e. The highest BCUT2D eigenvalue weighted by Gasteiger charge is 2.14. The van der Waals surface area contributed by atoms with E-state index in [1.165, 1.54) is 17.8 Å². The molecule has 1 atom stereocenters. The largest absolute Gasteiger partial charge is 0.548 e. The molecule has 0 radical (unpaired) electrons. The summed E-state index contributed by atoms with van der Waals surface area (Å²) in [6, 6.07) is 10.9. The molecule has 0 aliphatic carbocycles. The Balaban J connectivity index is 1.76. The molecule has 0 unspecified atom stereocenters. The molecule has 140 valence electrons. The number of hydrogen-bond donors (Lipinski definition) is 1. The fourth-order valence-corrected chi connectivity index (χ4v) is 3.22. The quantitative estimate of drug-likeness (QED) is 0.475. The van der Waals surface area contributed by atoms with Crippen LogP contribution in [0.1, 0.15) is 0 Å². The van der Waals surface area contributed by atoms with Crippen LogP contribution in [0.4, 0.5) is 0 Å². The topological polar surface area (TPSA) is 109 Å². The lowest BCUT2D eigenvalue weighted by Gasteiger charge is -2.18. The van der Waals surface area contributed by atoms with Gasteiger partial charge in [-0.25, -0.2) is 4.79 Å². The van der Waals surface area contributed by atoms with Gasteiger partial charge in [0.15, 0.2) is 6.61 Å². The van der Waals surface area contributed by atoms with Crippen LogP contribution in [0.2, 0.25) is 0 Å². The van der Waals surface area contributed by atoms with Gasteiger partial charge in [-0.05, 0) is 29.8 Å². The van der Waals surface area contributed by atoms with Crippen molar-refractivity contribution in [2.24, 2.45) is 0 Å². The summed E-state index contributed by atoms with van der Waals surface area (Å²) in [5.41, 5.74) is -0.117. The Morgan fingerprint density at radius 3 is 2.63 bits per heavy atom. The van der Waals surface area contributed by atoms with Crippen molar-refractivity contribution in [2.45, 2.75) is 6.04 Å². The molecule has 1 heterocycles. The third-order valence-electron chi connectivity index (χ3n) is 3.92. The van der Waals surface area contributed by atoms with Crippen molar-refractivity contribution in [3.8, 4) is 5.75 Å². The molecular weight excluding hydrogens is 370 g/mol. The highest BCUT2D eigenvalue weighted by atomic mass is 32.2. The number of aliphatic carboxylic acids is 1. The zero-order valence-electron chi connectivity index (χ0n) is 14.4. The van der Waals surface area contributed by atoms with Crippen LogP contribution < -0.4 is 20.8 Å². The van der Waals surface area contributed by atoms with Crippen molar-refractivity contribution in [1.29, 1.82) is 0 Å². The molecular formula is C19H16NO6S-. The van der Waals surface area contributed by atoms with Crippen LogP contribution in [0.15, 0.2) is 51.7 Å². The first-order valence-corrected chi connectivity index (χ1v) is 9.46. The van der Waals surface area contributed by atoms with Gasteiger partial charge in [-0.3, -0.25) is 4.79 Å². The lowest BCUT2D eigenvalue weighted by Crippen LogP contribution is -2.50. The summed E-state index contributed by atoms with van der Waals surface area (Å²) in [5.74, 6) is -1.41. The van der Waals surface area contributed by atoms with Gasteiger partial charge in [0, 0.05) is 17.2 Å². The lowest BCUT2D eigenvalue weighted by atomic mass is 10.1. The van der Waals surface area contributed by atoms with Crippen LogP contribution in [-0.2, 0) is 9.59 Å². The molecule has 7 nitrogen and oxygen atoms in total. The number of ether oxygens (including phenoxy) is 1. The molecule has 0 bridgehead atoms. The zero-order valence-corrected chi connectivity index (χ0v) is 15.2. The molecule has 8 heteroatoms. The molecule has 1 amide bonds. The SMILES string of the molecule is CSC[C@H](NC(=O)COc1ccc2c(c1)oc(=O)c1ccccc12)C(=O)[O-]. The maximum Gasteiger partial charge on any atom is 0.344 e. The van der Waals surface area contributed by atoms with Gasteiger partial charge in [0.2, 0.25) is 0 Å². The molecule has 0 aliphatic heterocycles. The zero-order chi connectivity index (χ0) is 19.4. The Morgan fingerprint density at radius 2 is 1.93 bits per heavy atom. The summed E-state index contributed by atoms with van der Waals surface area (Å²) >= 11 is 1.28. The average molecular weight is 386 g/mol. The van der Waals surface area contributed by atoms with Gasteiger partial charge in [-0.2, -0.15) is 11.8 Å². The number of hydrogen-bond acceptors (Lipinski definition) is 7. The summed E-state index contributed by atoms with van der Waals surface area (Å²) < 4.78 is 10.7. The smallest absolute Gasteiger partial charge is 0.344 e. The molecule has 0 saturated heterocycles. The summed E-state index contributed by atoms with van der Waals surface area (Å²) in [6.07, 6.45) is 1.73. The van der Waals surface area contributed by atoms with E-state index in [2.05, 4.69) is 5.32 Å². The maximum atomic E-state index is 12.1. The lowest BCUT2D eigenvalue weighted by molar-refractivity contribution is -0.307. The van der Waals surface area contributed by atoms with Gasteiger partial charge >= 0.3 is 5.63 Å². The molecule has 2 aromatic carbocycles. The number of amides is 1. The Labute approximate surface area is 158 Å². The summed E-state index contributed by atoms with van der Waals surface area (Å²) in [7, 11) is 0. The molecule has 1 N–H and O–H groups in total. The molecule has 1 aromatic heterocycles. The van der Waals surface area contributed by atoms with E-state index in [1.54, 1.807) is 30.5 Å². The fourth-order valence-electron chi connectivity index (χ4n) is 2.67. The number of carboxylic acid groups (broad SMARTS) is 1. The number of rotatable bonds is 7. The number of nitrogens with one attached hydrogen (secondary N) is 1. The Kier molecular flexibility index (Phi) is 5.66. The van der Waals surface area contributed by atoms with E-state index >= 15 is 0 Å². The molecule has 3 rings (SSSR count). The highest BCUT2D eigenvalue weighted by Crippen LogP contribution is 2.26. The van der Waals surface area contributed by atoms with Gasteiger partial charge in [-0.1, -0.05) is 18.2 Å². The van der Waals surface area contributed by atoms with Gasteiger partial charge in [0.05, 0.1) is 17.4 Å². The summed E-state index contributed by atoms with van der Waals surface area (Å²) in [5, 5.41) is 15.3. The third-order valence-corrected chi connectivity index (χ3v) is 4.58. The van der Waals surface area contributed by atoms with Crippen molar-refractivity contribution in [2.75, 3.05) is 18.6 Å². The second-order valence-electron chi connectivity index (χ2n) is 5.78. The molecule has 0 aliphatic rings. The number of carbonyl (C=O) groups excluding carboxylic acids is 2. The van der Waals surface area contributed by atoms with Crippen molar-refractivity contribution >= 4 is 45.4 Å². The van der Waals surface area contributed by atoms with E-state index in [9.17, 15) is 19.5 Å². The first-order chi connectivity index (χ1) is 13.0. The van der Waals surface area contributed by atoms with Gasteiger partial charge in [0.1, 0.15) is 11.3 Å². The standard InChI is InChI=1S/C19H17NO6S/c1-27-10-15(18(22)23)20-17(21)9-25-11-6-7-13-12-4-2-3-5-14(12)19(24)26-16(13)8-11/h2-8,15H,9-10H2,1H3,(H,20,21)(H,22,23)/p-1/t15-/m0/s1. The highest BCUT2D eigenvalue weighted by molar-refractivity contribution is 7.98. The molecule has 3 aromatic rings. The van der Waals surface area contributed by atoms with Crippen LogP contribution >= 0.6 is 11.8 Å². The number of thioether (sulfide) groups is 1. The molecule has 0 spiro atoms. The Hall–Kier alpha value is -3.00. The predicted molar refractivity (Wildman–Crippen MR) is 101 cm³/mol. The van der Waals surface area contributed by atoms with Crippen LogP contribution in [0.3, 0.4) is 0 Å². The second kappa shape index (κ2) is 8.13. The minimum absolute atomic E-state index is 0.197. The van der Waals surface area contributed by atoms with Crippen LogP contribution in [0.25, 0.3) is 21.7 Å². The van der Waals surface area contributed by atoms with Crippen LogP contribution in [0.5, 0.6) is 5.75 Å². The fraction of sp³-hybridized carbons (Fsp3) is 0.211. The minimum atomic E-state index is -1.35. The first-order valence-electron chi connectivity index (χ1n) is 8.07. The monoisotopic (exact) mass is 386 g/mol. The summed E-state index contributed by atoms with van der Waals surface area (Å²) in [6.45, 7) is -0.374. The first kappa shape index (κ1) is 18.8. The second-order valence-corrected chi connectivity index (χ2v) is 6.69. The van der Waals surface area contributed by atoms with Crippen LogP contribution in [0, 0.1) is 0 Å². The van der Waals surface area contributed by atoms with Crippen molar-refractivity contribution in [1.82, 2.24) is 5.32 Å². The average Bonchev–Trinajstić information content (AvgIpc) is 2.66. The van der Waals surface area contributed by atoms with Crippen molar-refractivity contribution in [3.63, 3.8) is 0 Å². The van der Waals surface area contributed by atoms with E-state index < -0.39 is 23.5 Å².